The van der Waals surface area contributed by atoms with E-state index in [9.17, 15) is 0 Å². The fraction of sp³-hybridized carbons (Fsp3) is 0.625. The number of allylic oxidation sites excluding steroid dienone is 5. The number of methoxy groups -OCH3 is 1. The van der Waals surface area contributed by atoms with Crippen LogP contribution in [0.2, 0.25) is 0 Å². The molecule has 0 unspecified atom stereocenters. The standard InChI is InChI=1S/C16H26O/c1-11(2)13-8-14(12(3)4)15(17-7)10-16(5,6)9-13/h10H,8-9H2,1-7H3. The highest BCUT2D eigenvalue weighted by molar-refractivity contribution is 5.39. The molecule has 1 aliphatic rings. The van der Waals surface area contributed by atoms with Gasteiger partial charge >= 0.3 is 0 Å². The molecule has 0 aromatic heterocycles. The third-order valence-corrected chi connectivity index (χ3v) is 3.41. The summed E-state index contributed by atoms with van der Waals surface area (Å²) in [6.45, 7) is 13.3. The van der Waals surface area contributed by atoms with Crippen LogP contribution in [0.3, 0.4) is 0 Å². The fourth-order valence-electron chi connectivity index (χ4n) is 2.36. The average molecular weight is 234 g/mol. The molecule has 0 radical (unpaired) electrons. The summed E-state index contributed by atoms with van der Waals surface area (Å²) in [6, 6.07) is 0. The molecule has 0 amide bonds. The molecule has 0 aromatic carbocycles. The van der Waals surface area contributed by atoms with E-state index in [0.29, 0.717) is 0 Å². The Labute approximate surface area is 106 Å². The van der Waals surface area contributed by atoms with Crippen LogP contribution in [-0.4, -0.2) is 7.11 Å². The van der Waals surface area contributed by atoms with E-state index in [-0.39, 0.29) is 5.41 Å². The van der Waals surface area contributed by atoms with Gasteiger partial charge < -0.3 is 4.74 Å². The van der Waals surface area contributed by atoms with Crippen molar-refractivity contribution in [3.05, 3.63) is 34.1 Å². The van der Waals surface area contributed by atoms with Crippen LogP contribution in [0.1, 0.15) is 54.4 Å². The maximum atomic E-state index is 5.59. The highest BCUT2D eigenvalue weighted by Crippen LogP contribution is 2.39. The fourth-order valence-corrected chi connectivity index (χ4v) is 2.36. The highest BCUT2D eigenvalue weighted by atomic mass is 16.5. The molecule has 0 saturated heterocycles. The average Bonchev–Trinajstić information content (AvgIpc) is 2.33. The Bertz CT molecular complexity index is 384. The zero-order valence-corrected chi connectivity index (χ0v) is 12.4. The van der Waals surface area contributed by atoms with Crippen molar-refractivity contribution in [2.75, 3.05) is 7.11 Å². The lowest BCUT2D eigenvalue weighted by Crippen LogP contribution is -2.08. The van der Waals surface area contributed by atoms with Crippen molar-refractivity contribution < 1.29 is 4.74 Å². The van der Waals surface area contributed by atoms with E-state index in [1.807, 2.05) is 0 Å². The molecular weight excluding hydrogens is 208 g/mol. The molecule has 0 N–H and O–H groups in total. The lowest BCUT2D eigenvalue weighted by molar-refractivity contribution is 0.291. The van der Waals surface area contributed by atoms with Crippen molar-refractivity contribution in [2.45, 2.75) is 54.4 Å². The lowest BCUT2D eigenvalue weighted by Gasteiger charge is -2.20. The third kappa shape index (κ3) is 3.49. The van der Waals surface area contributed by atoms with E-state index in [1.165, 1.54) is 16.7 Å². The molecule has 0 aliphatic heterocycles. The molecular formula is C16H26O. The van der Waals surface area contributed by atoms with Crippen LogP contribution >= 0.6 is 0 Å². The van der Waals surface area contributed by atoms with Gasteiger partial charge in [0.25, 0.3) is 0 Å². The first-order chi connectivity index (χ1) is 7.76. The largest absolute Gasteiger partial charge is 0.497 e. The van der Waals surface area contributed by atoms with E-state index < -0.39 is 0 Å². The topological polar surface area (TPSA) is 9.23 Å². The molecule has 0 bridgehead atoms. The van der Waals surface area contributed by atoms with E-state index in [2.05, 4.69) is 47.6 Å². The van der Waals surface area contributed by atoms with Gasteiger partial charge in [-0.15, -0.1) is 0 Å². The van der Waals surface area contributed by atoms with Crippen LogP contribution in [0.15, 0.2) is 34.1 Å². The zero-order valence-electron chi connectivity index (χ0n) is 12.4. The van der Waals surface area contributed by atoms with Crippen molar-refractivity contribution in [1.82, 2.24) is 0 Å². The minimum atomic E-state index is 0.176. The summed E-state index contributed by atoms with van der Waals surface area (Å²) in [4.78, 5) is 0. The van der Waals surface area contributed by atoms with E-state index in [1.54, 1.807) is 12.7 Å². The normalized spacial score (nSPS) is 19.6. The Morgan fingerprint density at radius 2 is 1.71 bits per heavy atom. The Kier molecular flexibility index (Phi) is 4.24. The second-order valence-electron chi connectivity index (χ2n) is 6.14. The molecule has 0 aromatic rings. The summed E-state index contributed by atoms with van der Waals surface area (Å²) in [5.41, 5.74) is 5.88. The summed E-state index contributed by atoms with van der Waals surface area (Å²) in [6.07, 6.45) is 4.44. The molecule has 1 rings (SSSR count). The van der Waals surface area contributed by atoms with E-state index in [0.717, 1.165) is 18.6 Å². The first-order valence-corrected chi connectivity index (χ1v) is 6.35. The molecule has 0 heterocycles. The van der Waals surface area contributed by atoms with Crippen LogP contribution < -0.4 is 0 Å². The van der Waals surface area contributed by atoms with Gasteiger partial charge in [-0.1, -0.05) is 30.6 Å². The lowest BCUT2D eigenvalue weighted by atomic mass is 9.84. The monoisotopic (exact) mass is 234 g/mol. The van der Waals surface area contributed by atoms with E-state index >= 15 is 0 Å². The van der Waals surface area contributed by atoms with Crippen LogP contribution in [0.4, 0.5) is 0 Å². The summed E-state index contributed by atoms with van der Waals surface area (Å²) < 4.78 is 5.59. The first-order valence-electron chi connectivity index (χ1n) is 6.35. The Morgan fingerprint density at radius 1 is 1.12 bits per heavy atom. The van der Waals surface area contributed by atoms with Gasteiger partial charge in [-0.2, -0.15) is 0 Å². The van der Waals surface area contributed by atoms with Gasteiger partial charge in [0.2, 0.25) is 0 Å². The Hall–Kier alpha value is -0.980. The number of ether oxygens (including phenoxy) is 1. The van der Waals surface area contributed by atoms with Gasteiger partial charge in [0.15, 0.2) is 0 Å². The van der Waals surface area contributed by atoms with Gasteiger partial charge in [-0.25, -0.2) is 0 Å². The number of hydrogen-bond acceptors (Lipinski definition) is 1. The summed E-state index contributed by atoms with van der Waals surface area (Å²) in [5.74, 6) is 1.06. The van der Waals surface area contributed by atoms with Crippen LogP contribution in [0.5, 0.6) is 0 Å². The van der Waals surface area contributed by atoms with Gasteiger partial charge in [0, 0.05) is 0 Å². The molecule has 0 saturated carbocycles. The minimum absolute atomic E-state index is 0.176. The maximum Gasteiger partial charge on any atom is 0.118 e. The minimum Gasteiger partial charge on any atom is -0.497 e. The predicted molar refractivity (Wildman–Crippen MR) is 74.9 cm³/mol. The van der Waals surface area contributed by atoms with Crippen molar-refractivity contribution in [2.24, 2.45) is 5.41 Å². The Morgan fingerprint density at radius 3 is 2.12 bits per heavy atom. The molecule has 1 nitrogen and oxygen atoms in total. The van der Waals surface area contributed by atoms with Crippen molar-refractivity contribution >= 4 is 0 Å². The third-order valence-electron chi connectivity index (χ3n) is 3.41. The zero-order chi connectivity index (χ0) is 13.2. The quantitative estimate of drug-likeness (QED) is 0.579. The van der Waals surface area contributed by atoms with E-state index in [4.69, 9.17) is 4.74 Å². The van der Waals surface area contributed by atoms with Gasteiger partial charge in [0.1, 0.15) is 5.76 Å². The second kappa shape index (κ2) is 5.12. The van der Waals surface area contributed by atoms with Crippen molar-refractivity contribution in [1.29, 1.82) is 0 Å². The van der Waals surface area contributed by atoms with Crippen molar-refractivity contribution in [3.8, 4) is 0 Å². The summed E-state index contributed by atoms with van der Waals surface area (Å²) in [7, 11) is 1.78. The summed E-state index contributed by atoms with van der Waals surface area (Å²) >= 11 is 0. The molecule has 0 atom stereocenters. The molecule has 96 valence electrons. The van der Waals surface area contributed by atoms with Gasteiger partial charge in [0.05, 0.1) is 7.11 Å². The van der Waals surface area contributed by atoms with Gasteiger partial charge in [-0.3, -0.25) is 0 Å². The van der Waals surface area contributed by atoms with Crippen molar-refractivity contribution in [3.63, 3.8) is 0 Å². The number of rotatable bonds is 1. The smallest absolute Gasteiger partial charge is 0.118 e. The summed E-state index contributed by atoms with van der Waals surface area (Å²) in [5, 5.41) is 0. The second-order valence-corrected chi connectivity index (χ2v) is 6.14. The Balaban J connectivity index is 3.33. The van der Waals surface area contributed by atoms with Gasteiger partial charge in [-0.05, 0) is 57.6 Å². The first kappa shape index (κ1) is 14.1. The number of hydrogen-bond donors (Lipinski definition) is 0. The molecule has 17 heavy (non-hydrogen) atoms. The predicted octanol–water partition coefficient (Wildman–Crippen LogP) is 5.01. The highest BCUT2D eigenvalue weighted by Gasteiger charge is 2.25. The SMILES string of the molecule is COC1=CC(C)(C)CC(=C(C)C)CC1=C(C)C. The molecule has 1 heteroatoms. The molecule has 0 fully saturated rings. The maximum absolute atomic E-state index is 5.59. The van der Waals surface area contributed by atoms with Crippen LogP contribution in [0, 0.1) is 5.41 Å². The van der Waals surface area contributed by atoms with Crippen LogP contribution in [0.25, 0.3) is 0 Å². The molecule has 1 aliphatic carbocycles. The molecule has 0 spiro atoms. The van der Waals surface area contributed by atoms with Crippen LogP contribution in [-0.2, 0) is 4.74 Å².